The topological polar surface area (TPSA) is 21.8 Å². The third-order valence-electron chi connectivity index (χ3n) is 4.96. The molecule has 0 N–H and O–H groups in total. The SMILES string of the molecule is CC(C)(OCc1ccccc1)C1CCC2(C)OC2C1. The van der Waals surface area contributed by atoms with E-state index in [1.807, 2.05) is 6.07 Å². The Morgan fingerprint density at radius 1 is 1.32 bits per heavy atom. The van der Waals surface area contributed by atoms with Gasteiger partial charge in [-0.15, -0.1) is 0 Å². The fraction of sp³-hybridized carbons (Fsp3) is 0.647. The average molecular weight is 260 g/mol. The van der Waals surface area contributed by atoms with Crippen LogP contribution in [0.2, 0.25) is 0 Å². The fourth-order valence-electron chi connectivity index (χ4n) is 3.24. The Labute approximate surface area is 116 Å². The van der Waals surface area contributed by atoms with E-state index >= 15 is 0 Å². The maximum atomic E-state index is 6.20. The molecule has 1 aromatic carbocycles. The summed E-state index contributed by atoms with van der Waals surface area (Å²) < 4.78 is 12.0. The number of epoxide rings is 1. The van der Waals surface area contributed by atoms with Crippen LogP contribution in [0.5, 0.6) is 0 Å². The summed E-state index contributed by atoms with van der Waals surface area (Å²) in [6.45, 7) is 7.40. The van der Waals surface area contributed by atoms with Gasteiger partial charge >= 0.3 is 0 Å². The molecule has 1 aliphatic carbocycles. The largest absolute Gasteiger partial charge is 0.371 e. The molecule has 1 saturated carbocycles. The molecule has 1 aliphatic heterocycles. The third-order valence-corrected chi connectivity index (χ3v) is 4.96. The van der Waals surface area contributed by atoms with Crippen molar-refractivity contribution in [2.45, 2.75) is 63.9 Å². The maximum Gasteiger partial charge on any atom is 0.0920 e. The van der Waals surface area contributed by atoms with E-state index < -0.39 is 0 Å². The van der Waals surface area contributed by atoms with Crippen molar-refractivity contribution in [1.82, 2.24) is 0 Å². The first-order valence-corrected chi connectivity index (χ1v) is 7.35. The smallest absolute Gasteiger partial charge is 0.0920 e. The first kappa shape index (κ1) is 13.1. The molecule has 0 amide bonds. The predicted octanol–water partition coefficient (Wildman–Crippen LogP) is 3.94. The zero-order chi connectivity index (χ0) is 13.5. The summed E-state index contributed by atoms with van der Waals surface area (Å²) in [5, 5.41) is 0. The minimum absolute atomic E-state index is 0.0663. The van der Waals surface area contributed by atoms with Gasteiger partial charge in [-0.1, -0.05) is 30.3 Å². The lowest BCUT2D eigenvalue weighted by atomic mass is 9.75. The highest BCUT2D eigenvalue weighted by Gasteiger charge is 2.57. The van der Waals surface area contributed by atoms with Crippen molar-refractivity contribution >= 4 is 0 Å². The number of hydrogen-bond acceptors (Lipinski definition) is 2. The molecule has 1 heterocycles. The molecule has 2 fully saturated rings. The van der Waals surface area contributed by atoms with Crippen molar-refractivity contribution in [1.29, 1.82) is 0 Å². The lowest BCUT2D eigenvalue weighted by molar-refractivity contribution is -0.0792. The molecule has 0 spiro atoms. The van der Waals surface area contributed by atoms with Gasteiger partial charge in [0.15, 0.2) is 0 Å². The van der Waals surface area contributed by atoms with Gasteiger partial charge in [-0.3, -0.25) is 0 Å². The second-order valence-electron chi connectivity index (χ2n) is 6.77. The van der Waals surface area contributed by atoms with Crippen molar-refractivity contribution in [3.05, 3.63) is 35.9 Å². The van der Waals surface area contributed by atoms with Crippen molar-refractivity contribution in [2.75, 3.05) is 0 Å². The lowest BCUT2D eigenvalue weighted by Crippen LogP contribution is -2.38. The molecule has 0 bridgehead atoms. The standard InChI is InChI=1S/C17H24O2/c1-16(2,18-12-13-7-5-4-6-8-13)14-9-10-17(3)15(11-14)19-17/h4-8,14-15H,9-12H2,1-3H3. The van der Waals surface area contributed by atoms with Crippen LogP contribution in [0.4, 0.5) is 0 Å². The Bertz CT molecular complexity index is 440. The van der Waals surface area contributed by atoms with Crippen LogP contribution >= 0.6 is 0 Å². The van der Waals surface area contributed by atoms with Crippen molar-refractivity contribution in [3.63, 3.8) is 0 Å². The van der Waals surface area contributed by atoms with E-state index in [9.17, 15) is 0 Å². The Kier molecular flexibility index (Phi) is 3.18. The number of rotatable bonds is 4. The number of benzene rings is 1. The Hall–Kier alpha value is -0.860. The predicted molar refractivity (Wildman–Crippen MR) is 75.9 cm³/mol. The first-order valence-electron chi connectivity index (χ1n) is 7.35. The molecular weight excluding hydrogens is 236 g/mol. The van der Waals surface area contributed by atoms with Crippen LogP contribution in [0.15, 0.2) is 30.3 Å². The molecule has 2 aliphatic rings. The van der Waals surface area contributed by atoms with Gasteiger partial charge in [0, 0.05) is 0 Å². The van der Waals surface area contributed by atoms with Crippen LogP contribution in [0.1, 0.15) is 45.6 Å². The Morgan fingerprint density at radius 2 is 2.05 bits per heavy atom. The van der Waals surface area contributed by atoms with Gasteiger partial charge < -0.3 is 9.47 Å². The molecule has 2 heteroatoms. The monoisotopic (exact) mass is 260 g/mol. The summed E-state index contributed by atoms with van der Waals surface area (Å²) in [7, 11) is 0. The molecule has 3 unspecified atom stereocenters. The van der Waals surface area contributed by atoms with Crippen LogP contribution in [0.25, 0.3) is 0 Å². The summed E-state index contributed by atoms with van der Waals surface area (Å²) >= 11 is 0. The van der Waals surface area contributed by atoms with E-state index in [0.717, 1.165) is 6.42 Å². The van der Waals surface area contributed by atoms with Crippen LogP contribution in [0, 0.1) is 5.92 Å². The van der Waals surface area contributed by atoms with E-state index in [1.54, 1.807) is 0 Å². The summed E-state index contributed by atoms with van der Waals surface area (Å²) in [5.74, 6) is 0.608. The van der Waals surface area contributed by atoms with E-state index in [-0.39, 0.29) is 11.2 Å². The van der Waals surface area contributed by atoms with E-state index in [4.69, 9.17) is 9.47 Å². The summed E-state index contributed by atoms with van der Waals surface area (Å²) in [5.41, 5.74) is 1.38. The van der Waals surface area contributed by atoms with E-state index in [2.05, 4.69) is 45.0 Å². The van der Waals surface area contributed by atoms with Gasteiger partial charge in [0.25, 0.3) is 0 Å². The summed E-state index contributed by atoms with van der Waals surface area (Å²) in [6, 6.07) is 10.4. The zero-order valence-corrected chi connectivity index (χ0v) is 12.2. The van der Waals surface area contributed by atoms with Gasteiger partial charge in [-0.05, 0) is 51.5 Å². The molecule has 0 aromatic heterocycles. The molecule has 3 atom stereocenters. The van der Waals surface area contributed by atoms with Gasteiger partial charge in [0.1, 0.15) is 0 Å². The van der Waals surface area contributed by atoms with Crippen molar-refractivity contribution in [3.8, 4) is 0 Å². The van der Waals surface area contributed by atoms with Crippen LogP contribution in [-0.4, -0.2) is 17.3 Å². The molecule has 19 heavy (non-hydrogen) atoms. The second kappa shape index (κ2) is 4.60. The number of fused-ring (bicyclic) bond motifs is 1. The Morgan fingerprint density at radius 3 is 2.74 bits per heavy atom. The quantitative estimate of drug-likeness (QED) is 0.765. The average Bonchev–Trinajstić information content (AvgIpc) is 3.08. The summed E-state index contributed by atoms with van der Waals surface area (Å²) in [6.07, 6.45) is 4.03. The second-order valence-corrected chi connectivity index (χ2v) is 6.77. The molecule has 0 radical (unpaired) electrons. The molecule has 2 nitrogen and oxygen atoms in total. The van der Waals surface area contributed by atoms with Crippen LogP contribution < -0.4 is 0 Å². The number of hydrogen-bond donors (Lipinski definition) is 0. The molecular formula is C17H24O2. The molecule has 1 saturated heterocycles. The molecule has 3 rings (SSSR count). The molecule has 1 aromatic rings. The van der Waals surface area contributed by atoms with Gasteiger partial charge in [0.05, 0.1) is 23.9 Å². The van der Waals surface area contributed by atoms with Crippen molar-refractivity contribution < 1.29 is 9.47 Å². The highest BCUT2D eigenvalue weighted by atomic mass is 16.6. The van der Waals surface area contributed by atoms with Gasteiger partial charge in [0.2, 0.25) is 0 Å². The maximum absolute atomic E-state index is 6.20. The normalized spacial score (nSPS) is 33.8. The lowest BCUT2D eigenvalue weighted by Gasteiger charge is -2.37. The zero-order valence-electron chi connectivity index (χ0n) is 12.2. The van der Waals surface area contributed by atoms with Crippen LogP contribution in [-0.2, 0) is 16.1 Å². The van der Waals surface area contributed by atoms with Crippen molar-refractivity contribution in [2.24, 2.45) is 5.92 Å². The van der Waals surface area contributed by atoms with E-state index in [0.29, 0.717) is 18.6 Å². The minimum atomic E-state index is -0.0663. The van der Waals surface area contributed by atoms with E-state index in [1.165, 1.54) is 18.4 Å². The van der Waals surface area contributed by atoms with Crippen LogP contribution in [0.3, 0.4) is 0 Å². The Balaban J connectivity index is 1.57. The van der Waals surface area contributed by atoms with Gasteiger partial charge in [-0.25, -0.2) is 0 Å². The highest BCUT2D eigenvalue weighted by molar-refractivity contribution is 5.13. The minimum Gasteiger partial charge on any atom is -0.371 e. The van der Waals surface area contributed by atoms with Gasteiger partial charge in [-0.2, -0.15) is 0 Å². The molecule has 104 valence electrons. The fourth-order valence-corrected chi connectivity index (χ4v) is 3.24. The highest BCUT2D eigenvalue weighted by Crippen LogP contribution is 2.51. The summed E-state index contributed by atoms with van der Waals surface area (Å²) in [4.78, 5) is 0. The third kappa shape index (κ3) is 2.70. The number of ether oxygens (including phenoxy) is 2. The first-order chi connectivity index (χ1) is 9.00.